The summed E-state index contributed by atoms with van der Waals surface area (Å²) in [5, 5.41) is 0. The molecular weight excluding hydrogens is 313 g/mol. The van der Waals surface area contributed by atoms with Crippen LogP contribution in [0.5, 0.6) is 0 Å². The topological polar surface area (TPSA) is 12.5 Å². The molecule has 2 rings (SSSR count). The summed E-state index contributed by atoms with van der Waals surface area (Å²) in [5.41, 5.74) is 1.40. The zero-order chi connectivity index (χ0) is 11.4. The highest BCUT2D eigenvalue weighted by Gasteiger charge is 2.18. The first kappa shape index (κ1) is 12.3. The molecule has 3 heteroatoms. The van der Waals surface area contributed by atoms with Crippen molar-refractivity contribution < 1.29 is 4.74 Å². The second-order valence-electron chi connectivity index (χ2n) is 4.26. The number of hydrogen-bond acceptors (Lipinski definition) is 2. The van der Waals surface area contributed by atoms with Crippen molar-refractivity contribution in [3.63, 3.8) is 0 Å². The molecule has 0 spiro atoms. The molecule has 1 fully saturated rings. The lowest BCUT2D eigenvalue weighted by molar-refractivity contribution is -0.0324. The van der Waals surface area contributed by atoms with Crippen molar-refractivity contribution >= 4 is 22.6 Å². The van der Waals surface area contributed by atoms with E-state index in [2.05, 4.69) is 58.7 Å². The first-order valence-corrected chi connectivity index (χ1v) is 6.94. The van der Waals surface area contributed by atoms with Crippen LogP contribution in [0.4, 0.5) is 0 Å². The van der Waals surface area contributed by atoms with E-state index in [1.54, 1.807) is 0 Å². The number of nitrogens with zero attached hydrogens (tertiary/aromatic N) is 1. The summed E-state index contributed by atoms with van der Waals surface area (Å²) in [6.45, 7) is 6.25. The lowest BCUT2D eigenvalue weighted by atomic mass is 10.1. The third-order valence-corrected chi connectivity index (χ3v) is 3.72. The van der Waals surface area contributed by atoms with Gasteiger partial charge in [-0.25, -0.2) is 0 Å². The summed E-state index contributed by atoms with van der Waals surface area (Å²) in [5.74, 6) is 0. The molecule has 0 saturated carbocycles. The van der Waals surface area contributed by atoms with E-state index >= 15 is 0 Å². The summed E-state index contributed by atoms with van der Waals surface area (Å²) in [6.07, 6.45) is 1.54. The number of hydrogen-bond donors (Lipinski definition) is 0. The predicted molar refractivity (Wildman–Crippen MR) is 74.5 cm³/mol. The van der Waals surface area contributed by atoms with E-state index < -0.39 is 0 Å². The van der Waals surface area contributed by atoms with Gasteiger partial charge >= 0.3 is 0 Å². The molecule has 88 valence electrons. The molecule has 1 aromatic rings. The van der Waals surface area contributed by atoms with Crippen molar-refractivity contribution in [3.05, 3.63) is 33.4 Å². The van der Waals surface area contributed by atoms with Crippen molar-refractivity contribution in [1.29, 1.82) is 0 Å². The Kier molecular flexibility index (Phi) is 4.61. The van der Waals surface area contributed by atoms with Crippen LogP contribution < -0.4 is 0 Å². The van der Waals surface area contributed by atoms with Crippen molar-refractivity contribution in [2.24, 2.45) is 0 Å². The first-order valence-electron chi connectivity index (χ1n) is 5.86. The van der Waals surface area contributed by atoms with Crippen LogP contribution in [0, 0.1) is 3.57 Å². The second-order valence-corrected chi connectivity index (χ2v) is 5.51. The number of ether oxygens (including phenoxy) is 1. The molecule has 0 N–H and O–H groups in total. The van der Waals surface area contributed by atoms with E-state index in [0.29, 0.717) is 6.10 Å². The molecule has 1 saturated heterocycles. The number of benzene rings is 1. The maximum Gasteiger partial charge on any atom is 0.0700 e. The lowest BCUT2D eigenvalue weighted by Gasteiger charge is -2.32. The van der Waals surface area contributed by atoms with Gasteiger partial charge in [0.2, 0.25) is 0 Å². The van der Waals surface area contributed by atoms with Gasteiger partial charge in [0, 0.05) is 23.2 Å². The highest BCUT2D eigenvalue weighted by Crippen LogP contribution is 2.13. The fourth-order valence-electron chi connectivity index (χ4n) is 2.02. The van der Waals surface area contributed by atoms with E-state index in [4.69, 9.17) is 4.74 Å². The van der Waals surface area contributed by atoms with Crippen molar-refractivity contribution in [1.82, 2.24) is 4.90 Å². The summed E-state index contributed by atoms with van der Waals surface area (Å²) >= 11 is 2.34. The third kappa shape index (κ3) is 3.43. The van der Waals surface area contributed by atoms with Crippen LogP contribution in [-0.2, 0) is 11.3 Å². The van der Waals surface area contributed by atoms with Gasteiger partial charge in [0.15, 0.2) is 0 Å². The van der Waals surface area contributed by atoms with Crippen molar-refractivity contribution in [2.75, 3.05) is 19.7 Å². The zero-order valence-electron chi connectivity index (χ0n) is 9.66. The standard InChI is InChI=1S/C13H18INO/c1-2-13-10-15(7-8-16-13)9-11-3-5-12(14)6-4-11/h3-6,13H,2,7-10H2,1H3. The highest BCUT2D eigenvalue weighted by molar-refractivity contribution is 14.1. The molecule has 0 aliphatic carbocycles. The van der Waals surface area contributed by atoms with Gasteiger partial charge in [0.1, 0.15) is 0 Å². The van der Waals surface area contributed by atoms with Crippen LogP contribution in [0.2, 0.25) is 0 Å². The molecule has 0 radical (unpaired) electrons. The molecule has 0 aromatic heterocycles. The van der Waals surface area contributed by atoms with Gasteiger partial charge in [0.25, 0.3) is 0 Å². The number of morpholine rings is 1. The molecule has 1 aliphatic rings. The quantitative estimate of drug-likeness (QED) is 0.790. The summed E-state index contributed by atoms with van der Waals surface area (Å²) in [4.78, 5) is 2.49. The smallest absolute Gasteiger partial charge is 0.0700 e. The van der Waals surface area contributed by atoms with Crippen LogP contribution in [0.1, 0.15) is 18.9 Å². The summed E-state index contributed by atoms with van der Waals surface area (Å²) < 4.78 is 6.97. The average molecular weight is 331 g/mol. The predicted octanol–water partition coefficient (Wildman–Crippen LogP) is 2.90. The minimum Gasteiger partial charge on any atom is -0.376 e. The summed E-state index contributed by atoms with van der Waals surface area (Å²) in [6, 6.07) is 8.79. The molecule has 1 aliphatic heterocycles. The van der Waals surface area contributed by atoms with Crippen molar-refractivity contribution in [3.8, 4) is 0 Å². The Balaban J connectivity index is 1.91. The van der Waals surface area contributed by atoms with Gasteiger partial charge in [0.05, 0.1) is 12.7 Å². The Labute approximate surface area is 111 Å². The van der Waals surface area contributed by atoms with Crippen LogP contribution in [-0.4, -0.2) is 30.7 Å². The van der Waals surface area contributed by atoms with E-state index in [0.717, 1.165) is 32.7 Å². The first-order chi connectivity index (χ1) is 7.78. The second kappa shape index (κ2) is 5.98. The number of rotatable bonds is 3. The average Bonchev–Trinajstić information content (AvgIpc) is 2.32. The minimum absolute atomic E-state index is 0.428. The van der Waals surface area contributed by atoms with Crippen molar-refractivity contribution in [2.45, 2.75) is 26.0 Å². The van der Waals surface area contributed by atoms with Crippen LogP contribution in [0.15, 0.2) is 24.3 Å². The van der Waals surface area contributed by atoms with Crippen LogP contribution in [0.25, 0.3) is 0 Å². The van der Waals surface area contributed by atoms with Gasteiger partial charge in [-0.3, -0.25) is 4.90 Å². The molecule has 0 amide bonds. The zero-order valence-corrected chi connectivity index (χ0v) is 11.8. The normalized spacial score (nSPS) is 22.2. The third-order valence-electron chi connectivity index (χ3n) is 3.00. The Morgan fingerprint density at radius 3 is 2.81 bits per heavy atom. The molecule has 1 heterocycles. The molecule has 1 atom stereocenters. The Morgan fingerprint density at radius 2 is 2.12 bits per heavy atom. The summed E-state index contributed by atoms with van der Waals surface area (Å²) in [7, 11) is 0. The molecule has 0 bridgehead atoms. The van der Waals surface area contributed by atoms with E-state index in [9.17, 15) is 0 Å². The maximum atomic E-state index is 5.67. The maximum absolute atomic E-state index is 5.67. The molecule has 2 nitrogen and oxygen atoms in total. The molecule has 16 heavy (non-hydrogen) atoms. The highest BCUT2D eigenvalue weighted by atomic mass is 127. The van der Waals surface area contributed by atoms with Crippen LogP contribution in [0.3, 0.4) is 0 Å². The van der Waals surface area contributed by atoms with E-state index in [1.165, 1.54) is 9.13 Å². The monoisotopic (exact) mass is 331 g/mol. The number of halogens is 1. The van der Waals surface area contributed by atoms with E-state index in [-0.39, 0.29) is 0 Å². The molecule has 1 unspecified atom stereocenters. The van der Waals surface area contributed by atoms with Gasteiger partial charge in [-0.05, 0) is 46.7 Å². The van der Waals surface area contributed by atoms with Gasteiger partial charge in [-0.15, -0.1) is 0 Å². The Bertz CT molecular complexity index is 325. The SMILES string of the molecule is CCC1CN(Cc2ccc(I)cc2)CCO1. The fraction of sp³-hybridized carbons (Fsp3) is 0.538. The Morgan fingerprint density at radius 1 is 1.38 bits per heavy atom. The molecular formula is C13H18INO. The minimum atomic E-state index is 0.428. The molecule has 1 aromatic carbocycles. The fourth-order valence-corrected chi connectivity index (χ4v) is 2.38. The largest absolute Gasteiger partial charge is 0.376 e. The van der Waals surface area contributed by atoms with E-state index in [1.807, 2.05) is 0 Å². The van der Waals surface area contributed by atoms with Gasteiger partial charge < -0.3 is 4.74 Å². The van der Waals surface area contributed by atoms with Gasteiger partial charge in [-0.2, -0.15) is 0 Å². The van der Waals surface area contributed by atoms with Crippen LogP contribution >= 0.6 is 22.6 Å². The lowest BCUT2D eigenvalue weighted by Crippen LogP contribution is -2.41. The Hall–Kier alpha value is -0.130. The van der Waals surface area contributed by atoms with Gasteiger partial charge in [-0.1, -0.05) is 19.1 Å².